The number of nitrogens with zero attached hydrogens (tertiary/aromatic N) is 3. The minimum atomic E-state index is -4.47. The van der Waals surface area contributed by atoms with Gasteiger partial charge in [0.2, 0.25) is 5.91 Å². The average Bonchev–Trinajstić information content (AvgIpc) is 3.48. The van der Waals surface area contributed by atoms with Crippen molar-refractivity contribution in [1.82, 2.24) is 14.5 Å². The van der Waals surface area contributed by atoms with Crippen LogP contribution >= 0.6 is 11.8 Å². The van der Waals surface area contributed by atoms with Crippen LogP contribution in [0.2, 0.25) is 0 Å². The number of thioether (sulfide) groups is 1. The molecular weight excluding hydrogens is 443 g/mol. The number of rotatable bonds is 8. The molecule has 10 heteroatoms. The van der Waals surface area contributed by atoms with Crippen molar-refractivity contribution >= 4 is 28.6 Å². The standard InChI is InChI=1S/C22H26F3N3O3S/c1-14(15-8-9-15)28(13-22(23,24)25)19(29)12-32-21-26-18-7-3-2-6-17(18)20(30)27(21)11-16-5-4-10-31-16/h2-3,6-7,14-16H,4-5,8-13H2,1H3. The predicted molar refractivity (Wildman–Crippen MR) is 116 cm³/mol. The molecule has 2 atom stereocenters. The summed E-state index contributed by atoms with van der Waals surface area (Å²) in [7, 11) is 0. The Labute approximate surface area is 188 Å². The van der Waals surface area contributed by atoms with Gasteiger partial charge in [-0.3, -0.25) is 14.2 Å². The number of carbonyl (C=O) groups excluding carboxylic acids is 1. The van der Waals surface area contributed by atoms with Crippen LogP contribution in [0.4, 0.5) is 13.2 Å². The number of alkyl halides is 3. The maximum Gasteiger partial charge on any atom is 0.406 e. The highest BCUT2D eigenvalue weighted by molar-refractivity contribution is 7.99. The lowest BCUT2D eigenvalue weighted by Gasteiger charge is -2.30. The van der Waals surface area contributed by atoms with Gasteiger partial charge in [-0.1, -0.05) is 23.9 Å². The van der Waals surface area contributed by atoms with E-state index < -0.39 is 24.7 Å². The highest BCUT2D eigenvalue weighted by Crippen LogP contribution is 2.36. The smallest absolute Gasteiger partial charge is 0.376 e. The number of halogens is 3. The Morgan fingerprint density at radius 2 is 2.06 bits per heavy atom. The van der Waals surface area contributed by atoms with Gasteiger partial charge in [-0.25, -0.2) is 4.98 Å². The van der Waals surface area contributed by atoms with Gasteiger partial charge in [0.25, 0.3) is 5.56 Å². The number of hydrogen-bond acceptors (Lipinski definition) is 5. The predicted octanol–water partition coefficient (Wildman–Crippen LogP) is 3.86. The number of benzene rings is 1. The molecule has 0 spiro atoms. The summed E-state index contributed by atoms with van der Waals surface area (Å²) in [5.74, 6) is -0.704. The number of ether oxygens (including phenoxy) is 1. The van der Waals surface area contributed by atoms with E-state index in [1.807, 2.05) is 0 Å². The molecule has 1 saturated carbocycles. The van der Waals surface area contributed by atoms with Gasteiger partial charge in [0.1, 0.15) is 6.54 Å². The third-order valence-corrected chi connectivity index (χ3v) is 6.99. The third-order valence-electron chi connectivity index (χ3n) is 6.03. The first-order valence-corrected chi connectivity index (χ1v) is 11.8. The lowest BCUT2D eigenvalue weighted by Crippen LogP contribution is -2.46. The summed E-state index contributed by atoms with van der Waals surface area (Å²) in [4.78, 5) is 31.4. The van der Waals surface area contributed by atoms with Crippen molar-refractivity contribution < 1.29 is 22.7 Å². The molecule has 2 aliphatic rings. The monoisotopic (exact) mass is 469 g/mol. The molecule has 2 heterocycles. The van der Waals surface area contributed by atoms with Crippen LogP contribution in [0.25, 0.3) is 10.9 Å². The molecule has 1 amide bonds. The van der Waals surface area contributed by atoms with E-state index in [9.17, 15) is 22.8 Å². The Morgan fingerprint density at radius 1 is 1.31 bits per heavy atom. The maximum atomic E-state index is 13.1. The summed E-state index contributed by atoms with van der Waals surface area (Å²) in [5.41, 5.74) is 0.258. The second-order valence-electron chi connectivity index (χ2n) is 8.47. The van der Waals surface area contributed by atoms with E-state index in [4.69, 9.17) is 4.74 Å². The normalized spacial score (nSPS) is 19.9. The zero-order valence-corrected chi connectivity index (χ0v) is 18.6. The Kier molecular flexibility index (Phi) is 6.80. The van der Waals surface area contributed by atoms with Gasteiger partial charge < -0.3 is 9.64 Å². The van der Waals surface area contributed by atoms with E-state index in [1.54, 1.807) is 31.2 Å². The topological polar surface area (TPSA) is 64.4 Å². The number of carbonyl (C=O) groups is 1. The lowest BCUT2D eigenvalue weighted by molar-refractivity contribution is -0.164. The molecule has 0 N–H and O–H groups in total. The molecule has 4 rings (SSSR count). The van der Waals surface area contributed by atoms with E-state index in [0.29, 0.717) is 29.2 Å². The van der Waals surface area contributed by atoms with Crippen molar-refractivity contribution in [2.45, 2.75) is 62.6 Å². The fourth-order valence-corrected chi connectivity index (χ4v) is 5.00. The molecule has 1 aliphatic carbocycles. The molecule has 1 aromatic heterocycles. The van der Waals surface area contributed by atoms with Gasteiger partial charge in [0.05, 0.1) is 29.3 Å². The first-order chi connectivity index (χ1) is 15.2. The second kappa shape index (κ2) is 9.43. The number of hydrogen-bond donors (Lipinski definition) is 0. The van der Waals surface area contributed by atoms with Gasteiger partial charge in [0, 0.05) is 12.6 Å². The van der Waals surface area contributed by atoms with Crippen LogP contribution in [-0.2, 0) is 16.1 Å². The Bertz CT molecular complexity index is 1030. The minimum absolute atomic E-state index is 0.114. The van der Waals surface area contributed by atoms with Crippen LogP contribution in [0.3, 0.4) is 0 Å². The zero-order chi connectivity index (χ0) is 22.9. The number of para-hydroxylation sites is 1. The first kappa shape index (κ1) is 23.1. The minimum Gasteiger partial charge on any atom is -0.376 e. The van der Waals surface area contributed by atoms with Crippen molar-refractivity contribution in [3.8, 4) is 0 Å². The van der Waals surface area contributed by atoms with Crippen molar-refractivity contribution in [3.63, 3.8) is 0 Å². The van der Waals surface area contributed by atoms with Crippen molar-refractivity contribution in [3.05, 3.63) is 34.6 Å². The van der Waals surface area contributed by atoms with Crippen LogP contribution < -0.4 is 5.56 Å². The van der Waals surface area contributed by atoms with Gasteiger partial charge in [-0.2, -0.15) is 13.2 Å². The molecule has 1 saturated heterocycles. The first-order valence-electron chi connectivity index (χ1n) is 10.8. The highest BCUT2D eigenvalue weighted by atomic mass is 32.2. The molecule has 0 radical (unpaired) electrons. The van der Waals surface area contributed by atoms with Crippen LogP contribution in [0, 0.1) is 5.92 Å². The van der Waals surface area contributed by atoms with E-state index in [0.717, 1.165) is 42.3 Å². The summed E-state index contributed by atoms with van der Waals surface area (Å²) in [6, 6.07) is 6.46. The van der Waals surface area contributed by atoms with Crippen molar-refractivity contribution in [1.29, 1.82) is 0 Å². The summed E-state index contributed by atoms with van der Waals surface area (Å²) in [5, 5.41) is 0.783. The van der Waals surface area contributed by atoms with Crippen LogP contribution in [-0.4, -0.2) is 57.6 Å². The van der Waals surface area contributed by atoms with E-state index >= 15 is 0 Å². The van der Waals surface area contributed by atoms with Crippen LogP contribution in [0.5, 0.6) is 0 Å². The van der Waals surface area contributed by atoms with Crippen molar-refractivity contribution in [2.75, 3.05) is 18.9 Å². The summed E-state index contributed by atoms with van der Waals surface area (Å²) >= 11 is 1.01. The van der Waals surface area contributed by atoms with Gasteiger partial charge in [-0.15, -0.1) is 0 Å². The lowest BCUT2D eigenvalue weighted by atomic mass is 10.2. The highest BCUT2D eigenvalue weighted by Gasteiger charge is 2.40. The van der Waals surface area contributed by atoms with Gasteiger partial charge in [0.15, 0.2) is 5.16 Å². The largest absolute Gasteiger partial charge is 0.406 e. The average molecular weight is 470 g/mol. The van der Waals surface area contributed by atoms with Crippen LogP contribution in [0.1, 0.15) is 32.6 Å². The van der Waals surface area contributed by atoms with E-state index in [2.05, 4.69) is 4.98 Å². The van der Waals surface area contributed by atoms with E-state index in [-0.39, 0.29) is 23.3 Å². The molecule has 174 valence electrons. The molecule has 1 aliphatic heterocycles. The summed E-state index contributed by atoms with van der Waals surface area (Å²) < 4.78 is 46.5. The second-order valence-corrected chi connectivity index (χ2v) is 9.41. The molecule has 2 fully saturated rings. The summed E-state index contributed by atoms with van der Waals surface area (Å²) in [6.45, 7) is 1.34. The number of aromatic nitrogens is 2. The molecule has 1 aromatic carbocycles. The molecule has 0 bridgehead atoms. The van der Waals surface area contributed by atoms with Crippen LogP contribution in [0.15, 0.2) is 34.2 Å². The Hall–Kier alpha value is -2.07. The number of fused-ring (bicyclic) bond motifs is 1. The zero-order valence-electron chi connectivity index (χ0n) is 17.8. The fourth-order valence-electron chi connectivity index (χ4n) is 4.11. The maximum absolute atomic E-state index is 13.1. The fraction of sp³-hybridized carbons (Fsp3) is 0.591. The third kappa shape index (κ3) is 5.46. The molecule has 2 unspecified atom stereocenters. The molecule has 2 aromatic rings. The molecular formula is C22H26F3N3O3S. The summed E-state index contributed by atoms with van der Waals surface area (Å²) in [6.07, 6.45) is -1.19. The Morgan fingerprint density at radius 3 is 2.72 bits per heavy atom. The van der Waals surface area contributed by atoms with E-state index in [1.165, 1.54) is 4.57 Å². The SMILES string of the molecule is CC(C1CC1)N(CC(F)(F)F)C(=O)CSc1nc2ccccc2c(=O)n1CC1CCCO1. The van der Waals surface area contributed by atoms with Gasteiger partial charge >= 0.3 is 6.18 Å². The quantitative estimate of drug-likeness (QED) is 0.434. The number of amides is 1. The van der Waals surface area contributed by atoms with Crippen molar-refractivity contribution in [2.24, 2.45) is 5.92 Å². The molecule has 32 heavy (non-hydrogen) atoms. The Balaban J connectivity index is 1.57. The van der Waals surface area contributed by atoms with Gasteiger partial charge in [-0.05, 0) is 50.7 Å². The molecule has 6 nitrogen and oxygen atoms in total.